The van der Waals surface area contributed by atoms with Crippen LogP contribution >= 0.6 is 0 Å². The Hall–Kier alpha value is -2.44. The third kappa shape index (κ3) is 2.89. The summed E-state index contributed by atoms with van der Waals surface area (Å²) in [6.45, 7) is 8.65. The number of fused-ring (bicyclic) bond motifs is 1. The van der Waals surface area contributed by atoms with Crippen molar-refractivity contribution >= 4 is 5.91 Å². The van der Waals surface area contributed by atoms with E-state index in [1.807, 2.05) is 32.6 Å². The van der Waals surface area contributed by atoms with Crippen LogP contribution in [-0.4, -0.2) is 38.6 Å². The Balaban J connectivity index is 1.61. The van der Waals surface area contributed by atoms with Crippen LogP contribution in [0.1, 0.15) is 75.1 Å². The van der Waals surface area contributed by atoms with Crippen molar-refractivity contribution in [2.24, 2.45) is 5.92 Å². The van der Waals surface area contributed by atoms with Gasteiger partial charge in [-0.25, -0.2) is 4.98 Å². The summed E-state index contributed by atoms with van der Waals surface area (Å²) in [5, 5.41) is 8.51. The largest absolute Gasteiger partial charge is 0.489 e. The average Bonchev–Trinajstić information content (AvgIpc) is 3.18. The van der Waals surface area contributed by atoms with Crippen LogP contribution in [0.2, 0.25) is 0 Å². The van der Waals surface area contributed by atoms with E-state index in [-0.39, 0.29) is 17.9 Å². The SMILES string of the molecule is CC(C)Oc1ccc(C(=O)N2CC[C@@H]3CC[C@@]32c2nnc(C(C)C)o2)nc1. The predicted octanol–water partition coefficient (Wildman–Crippen LogP) is 3.53. The minimum absolute atomic E-state index is 0.0682. The molecule has 7 heteroatoms. The van der Waals surface area contributed by atoms with Crippen LogP contribution in [-0.2, 0) is 5.54 Å². The number of aromatic nitrogens is 3. The fraction of sp³-hybridized carbons (Fsp3) is 0.600. The number of likely N-dealkylation sites (tertiary alicyclic amines) is 1. The highest BCUT2D eigenvalue weighted by atomic mass is 16.5. The van der Waals surface area contributed by atoms with Crippen molar-refractivity contribution in [2.45, 2.75) is 64.5 Å². The summed E-state index contributed by atoms with van der Waals surface area (Å²) >= 11 is 0. The van der Waals surface area contributed by atoms with Crippen molar-refractivity contribution in [3.05, 3.63) is 35.8 Å². The van der Waals surface area contributed by atoms with Gasteiger partial charge in [-0.1, -0.05) is 13.8 Å². The van der Waals surface area contributed by atoms with Gasteiger partial charge in [0.2, 0.25) is 11.8 Å². The molecule has 1 aliphatic heterocycles. The molecule has 0 spiro atoms. The van der Waals surface area contributed by atoms with E-state index in [1.165, 1.54) is 0 Å². The molecule has 2 fully saturated rings. The van der Waals surface area contributed by atoms with Gasteiger partial charge in [-0.15, -0.1) is 10.2 Å². The molecule has 3 heterocycles. The van der Waals surface area contributed by atoms with E-state index in [1.54, 1.807) is 18.3 Å². The number of nitrogens with zero attached hydrogens (tertiary/aromatic N) is 4. The van der Waals surface area contributed by atoms with Gasteiger partial charge in [-0.2, -0.15) is 0 Å². The lowest BCUT2D eigenvalue weighted by Gasteiger charge is -2.46. The van der Waals surface area contributed by atoms with Crippen LogP contribution in [0.4, 0.5) is 0 Å². The van der Waals surface area contributed by atoms with E-state index in [2.05, 4.69) is 15.2 Å². The van der Waals surface area contributed by atoms with Gasteiger partial charge in [0, 0.05) is 12.5 Å². The first-order valence-corrected chi connectivity index (χ1v) is 9.70. The van der Waals surface area contributed by atoms with Gasteiger partial charge in [-0.05, 0) is 51.2 Å². The van der Waals surface area contributed by atoms with Gasteiger partial charge in [0.05, 0.1) is 12.3 Å². The maximum absolute atomic E-state index is 13.2. The molecule has 0 aromatic carbocycles. The van der Waals surface area contributed by atoms with Crippen molar-refractivity contribution in [2.75, 3.05) is 6.54 Å². The maximum Gasteiger partial charge on any atom is 0.273 e. The number of carbonyl (C=O) groups excluding carboxylic acids is 1. The third-order valence-corrected chi connectivity index (χ3v) is 5.61. The maximum atomic E-state index is 13.2. The van der Waals surface area contributed by atoms with Gasteiger partial charge in [0.15, 0.2) is 0 Å². The van der Waals surface area contributed by atoms with E-state index >= 15 is 0 Å². The molecule has 144 valence electrons. The second-order valence-corrected chi connectivity index (χ2v) is 8.05. The number of amides is 1. The second-order valence-electron chi connectivity index (χ2n) is 8.05. The smallest absolute Gasteiger partial charge is 0.273 e. The minimum Gasteiger partial charge on any atom is -0.489 e. The zero-order valence-corrected chi connectivity index (χ0v) is 16.3. The highest BCUT2D eigenvalue weighted by Gasteiger charge is 2.61. The molecule has 2 atom stereocenters. The van der Waals surface area contributed by atoms with E-state index in [0.29, 0.717) is 35.7 Å². The first-order valence-electron chi connectivity index (χ1n) is 9.70. The Labute approximate surface area is 159 Å². The molecule has 1 saturated heterocycles. The molecular formula is C20H26N4O3. The van der Waals surface area contributed by atoms with Crippen LogP contribution in [0.25, 0.3) is 0 Å². The van der Waals surface area contributed by atoms with Crippen molar-refractivity contribution in [1.29, 1.82) is 0 Å². The first kappa shape index (κ1) is 17.9. The molecule has 0 N–H and O–H groups in total. The average molecular weight is 370 g/mol. The van der Waals surface area contributed by atoms with Crippen LogP contribution in [0.3, 0.4) is 0 Å². The van der Waals surface area contributed by atoms with Crippen molar-refractivity contribution < 1.29 is 13.9 Å². The normalized spacial score (nSPS) is 24.2. The highest BCUT2D eigenvalue weighted by molar-refractivity contribution is 5.93. The molecule has 1 aliphatic carbocycles. The van der Waals surface area contributed by atoms with Crippen molar-refractivity contribution in [3.63, 3.8) is 0 Å². The van der Waals surface area contributed by atoms with Crippen LogP contribution < -0.4 is 4.74 Å². The fourth-order valence-corrected chi connectivity index (χ4v) is 4.15. The Kier molecular flexibility index (Phi) is 4.40. The number of hydrogen-bond donors (Lipinski definition) is 0. The van der Waals surface area contributed by atoms with Crippen molar-refractivity contribution in [3.8, 4) is 5.75 Å². The van der Waals surface area contributed by atoms with Crippen molar-refractivity contribution in [1.82, 2.24) is 20.1 Å². The van der Waals surface area contributed by atoms with Gasteiger partial charge >= 0.3 is 0 Å². The summed E-state index contributed by atoms with van der Waals surface area (Å²) in [5.41, 5.74) is -0.0481. The van der Waals surface area contributed by atoms with Gasteiger partial charge in [-0.3, -0.25) is 4.79 Å². The Morgan fingerprint density at radius 1 is 1.26 bits per heavy atom. The molecule has 1 amide bonds. The molecule has 4 rings (SSSR count). The predicted molar refractivity (Wildman–Crippen MR) is 98.4 cm³/mol. The Morgan fingerprint density at radius 3 is 2.63 bits per heavy atom. The summed E-state index contributed by atoms with van der Waals surface area (Å²) in [6.07, 6.45) is 4.58. The summed E-state index contributed by atoms with van der Waals surface area (Å²) in [5.74, 6) is 2.33. The van der Waals surface area contributed by atoms with Gasteiger partial charge in [0.25, 0.3) is 5.91 Å². The number of hydrogen-bond acceptors (Lipinski definition) is 6. The second kappa shape index (κ2) is 6.62. The molecule has 2 aromatic rings. The molecular weight excluding hydrogens is 344 g/mol. The Bertz CT molecular complexity index is 830. The summed E-state index contributed by atoms with van der Waals surface area (Å²) in [7, 11) is 0. The Morgan fingerprint density at radius 2 is 2.07 bits per heavy atom. The molecule has 1 saturated carbocycles. The standard InChI is InChI=1S/C20H26N4O3/c1-12(2)17-22-23-19(27-17)20-9-7-14(20)8-10-24(20)18(25)16-6-5-15(11-21-16)26-13(3)4/h5-6,11-14H,7-10H2,1-4H3/t14-,20-/m0/s1. The number of ether oxygens (including phenoxy) is 1. The fourth-order valence-electron chi connectivity index (χ4n) is 4.15. The molecule has 0 bridgehead atoms. The lowest BCUT2D eigenvalue weighted by atomic mass is 9.67. The van der Waals surface area contributed by atoms with Crippen LogP contribution in [0, 0.1) is 5.92 Å². The molecule has 2 aromatic heterocycles. The van der Waals surface area contributed by atoms with E-state index in [9.17, 15) is 4.79 Å². The molecule has 0 radical (unpaired) electrons. The summed E-state index contributed by atoms with van der Waals surface area (Å²) in [6, 6.07) is 3.53. The summed E-state index contributed by atoms with van der Waals surface area (Å²) < 4.78 is 11.6. The first-order chi connectivity index (χ1) is 12.9. The van der Waals surface area contributed by atoms with Gasteiger partial charge < -0.3 is 14.1 Å². The molecule has 0 unspecified atom stereocenters. The van der Waals surface area contributed by atoms with Gasteiger partial charge in [0.1, 0.15) is 17.0 Å². The topological polar surface area (TPSA) is 81.4 Å². The molecule has 2 aliphatic rings. The monoisotopic (exact) mass is 370 g/mol. The number of rotatable bonds is 5. The van der Waals surface area contributed by atoms with E-state index in [0.717, 1.165) is 19.3 Å². The number of pyridine rings is 1. The number of carbonyl (C=O) groups is 1. The molecule has 7 nitrogen and oxygen atoms in total. The zero-order valence-electron chi connectivity index (χ0n) is 16.3. The highest BCUT2D eigenvalue weighted by Crippen LogP contribution is 2.56. The quantitative estimate of drug-likeness (QED) is 0.801. The van der Waals surface area contributed by atoms with E-state index in [4.69, 9.17) is 9.15 Å². The minimum atomic E-state index is -0.466. The lowest BCUT2D eigenvalue weighted by molar-refractivity contribution is -0.00409. The lowest BCUT2D eigenvalue weighted by Crippen LogP contribution is -2.54. The third-order valence-electron chi connectivity index (χ3n) is 5.61. The molecule has 27 heavy (non-hydrogen) atoms. The summed E-state index contributed by atoms with van der Waals surface area (Å²) in [4.78, 5) is 19.5. The van der Waals surface area contributed by atoms with E-state index < -0.39 is 5.54 Å². The van der Waals surface area contributed by atoms with Crippen LogP contribution in [0.5, 0.6) is 5.75 Å². The van der Waals surface area contributed by atoms with Crippen LogP contribution in [0.15, 0.2) is 22.7 Å². The zero-order chi connectivity index (χ0) is 19.2.